The summed E-state index contributed by atoms with van der Waals surface area (Å²) in [5.74, 6) is 0. The van der Waals surface area contributed by atoms with Crippen molar-refractivity contribution in [1.82, 2.24) is 5.32 Å². The van der Waals surface area contributed by atoms with Crippen molar-refractivity contribution in [2.24, 2.45) is 5.41 Å². The fourth-order valence-corrected chi connectivity index (χ4v) is 2.55. The van der Waals surface area contributed by atoms with Crippen LogP contribution in [0.25, 0.3) is 0 Å². The minimum Gasteiger partial charge on any atom is -0.371 e. The van der Waals surface area contributed by atoms with Crippen molar-refractivity contribution in [3.8, 4) is 0 Å². The quantitative estimate of drug-likeness (QED) is 0.778. The number of ether oxygens (including phenoxy) is 1. The molecule has 1 rings (SSSR count). The number of likely N-dealkylation sites (N-methyl/N-ethyl adjacent to an activating group) is 1. The molecule has 1 N–H and O–H groups in total. The molecule has 2 atom stereocenters. The molecule has 1 aliphatic rings. The molecule has 90 valence electrons. The van der Waals surface area contributed by atoms with E-state index in [1.807, 2.05) is 0 Å². The van der Waals surface area contributed by atoms with Gasteiger partial charge in [0.15, 0.2) is 0 Å². The van der Waals surface area contributed by atoms with Crippen LogP contribution in [0.1, 0.15) is 54.4 Å². The molecule has 2 unspecified atom stereocenters. The van der Waals surface area contributed by atoms with Crippen molar-refractivity contribution < 1.29 is 4.74 Å². The van der Waals surface area contributed by atoms with Crippen LogP contribution in [0.15, 0.2) is 0 Å². The second-order valence-electron chi connectivity index (χ2n) is 6.33. The van der Waals surface area contributed by atoms with E-state index in [0.29, 0.717) is 17.6 Å². The molecule has 0 spiro atoms. The SMILES string of the molecule is CCNC1C(OC(C)(C)C)CCC1(C)C. The first kappa shape index (κ1) is 13.0. The zero-order valence-electron chi connectivity index (χ0n) is 11.2. The first-order valence-electron chi connectivity index (χ1n) is 6.17. The second-order valence-corrected chi connectivity index (χ2v) is 6.33. The molecule has 0 saturated heterocycles. The van der Waals surface area contributed by atoms with Gasteiger partial charge in [-0.3, -0.25) is 0 Å². The summed E-state index contributed by atoms with van der Waals surface area (Å²) in [5.41, 5.74) is 0.338. The Morgan fingerprint density at radius 3 is 2.40 bits per heavy atom. The Kier molecular flexibility index (Phi) is 3.83. The van der Waals surface area contributed by atoms with Crippen molar-refractivity contribution in [2.75, 3.05) is 6.54 Å². The van der Waals surface area contributed by atoms with Crippen LogP contribution in [0.3, 0.4) is 0 Å². The van der Waals surface area contributed by atoms with Gasteiger partial charge in [0, 0.05) is 6.04 Å². The normalized spacial score (nSPS) is 30.8. The lowest BCUT2D eigenvalue weighted by atomic mass is 9.87. The standard InChI is InChI=1S/C13H27NO/c1-7-14-11-10(15-12(2,3)4)8-9-13(11,5)6/h10-11,14H,7-9H2,1-6H3. The van der Waals surface area contributed by atoms with Crippen LogP contribution in [0.2, 0.25) is 0 Å². The Morgan fingerprint density at radius 2 is 1.93 bits per heavy atom. The number of rotatable bonds is 3. The molecule has 1 saturated carbocycles. The Bertz CT molecular complexity index is 205. The Labute approximate surface area is 94.8 Å². The van der Waals surface area contributed by atoms with Gasteiger partial charge >= 0.3 is 0 Å². The molecule has 1 fully saturated rings. The van der Waals surface area contributed by atoms with Crippen LogP contribution in [0.5, 0.6) is 0 Å². The molecular formula is C13H27NO. The molecule has 0 bridgehead atoms. The maximum Gasteiger partial charge on any atom is 0.0740 e. The van der Waals surface area contributed by atoms with Gasteiger partial charge in [0.25, 0.3) is 0 Å². The monoisotopic (exact) mass is 213 g/mol. The first-order chi connectivity index (χ1) is 6.76. The highest BCUT2D eigenvalue weighted by Gasteiger charge is 2.43. The van der Waals surface area contributed by atoms with Gasteiger partial charge in [0.05, 0.1) is 11.7 Å². The third-order valence-corrected chi connectivity index (χ3v) is 3.22. The lowest BCUT2D eigenvalue weighted by Gasteiger charge is -2.34. The molecule has 2 heteroatoms. The van der Waals surface area contributed by atoms with E-state index >= 15 is 0 Å². The predicted octanol–water partition coefficient (Wildman–Crippen LogP) is 2.97. The van der Waals surface area contributed by atoms with Gasteiger partial charge in [-0.2, -0.15) is 0 Å². The second kappa shape index (κ2) is 4.42. The fraction of sp³-hybridized carbons (Fsp3) is 1.00. The van der Waals surface area contributed by atoms with Crippen molar-refractivity contribution in [2.45, 2.75) is 72.1 Å². The van der Waals surface area contributed by atoms with Crippen molar-refractivity contribution in [1.29, 1.82) is 0 Å². The highest BCUT2D eigenvalue weighted by Crippen LogP contribution is 2.40. The largest absolute Gasteiger partial charge is 0.371 e. The third-order valence-electron chi connectivity index (χ3n) is 3.22. The molecule has 0 aromatic rings. The highest BCUT2D eigenvalue weighted by atomic mass is 16.5. The van der Waals surface area contributed by atoms with Crippen LogP contribution < -0.4 is 5.32 Å². The van der Waals surface area contributed by atoms with Crippen molar-refractivity contribution >= 4 is 0 Å². The minimum absolute atomic E-state index is 0.0290. The van der Waals surface area contributed by atoms with Gasteiger partial charge in [0.2, 0.25) is 0 Å². The molecule has 0 radical (unpaired) electrons. The van der Waals surface area contributed by atoms with Crippen LogP contribution in [-0.4, -0.2) is 24.3 Å². The van der Waals surface area contributed by atoms with Crippen molar-refractivity contribution in [3.05, 3.63) is 0 Å². The van der Waals surface area contributed by atoms with Gasteiger partial charge in [0.1, 0.15) is 0 Å². The third kappa shape index (κ3) is 3.46. The van der Waals surface area contributed by atoms with E-state index in [1.165, 1.54) is 12.8 Å². The smallest absolute Gasteiger partial charge is 0.0740 e. The van der Waals surface area contributed by atoms with E-state index in [-0.39, 0.29) is 5.60 Å². The molecule has 15 heavy (non-hydrogen) atoms. The van der Waals surface area contributed by atoms with E-state index in [9.17, 15) is 0 Å². The molecule has 0 aromatic carbocycles. The molecular weight excluding hydrogens is 186 g/mol. The lowest BCUT2D eigenvalue weighted by Crippen LogP contribution is -2.47. The summed E-state index contributed by atoms with van der Waals surface area (Å²) in [6, 6.07) is 0.502. The van der Waals surface area contributed by atoms with Crippen molar-refractivity contribution in [3.63, 3.8) is 0 Å². The van der Waals surface area contributed by atoms with Crippen LogP contribution in [0, 0.1) is 5.41 Å². The summed E-state index contributed by atoms with van der Waals surface area (Å²) in [6.45, 7) is 14.3. The van der Waals surface area contributed by atoms with Crippen LogP contribution >= 0.6 is 0 Å². The number of nitrogens with one attached hydrogen (secondary N) is 1. The Balaban J connectivity index is 2.65. The van der Waals surface area contributed by atoms with Crippen LogP contribution in [-0.2, 0) is 4.74 Å². The number of hydrogen-bond donors (Lipinski definition) is 1. The summed E-state index contributed by atoms with van der Waals surface area (Å²) in [6.07, 6.45) is 2.81. The molecule has 0 heterocycles. The fourth-order valence-electron chi connectivity index (χ4n) is 2.55. The molecule has 0 amide bonds. The molecule has 1 aliphatic carbocycles. The predicted molar refractivity (Wildman–Crippen MR) is 65.1 cm³/mol. The van der Waals surface area contributed by atoms with Crippen LogP contribution in [0.4, 0.5) is 0 Å². The average molecular weight is 213 g/mol. The zero-order valence-corrected chi connectivity index (χ0v) is 11.2. The van der Waals surface area contributed by atoms with Gasteiger partial charge in [-0.25, -0.2) is 0 Å². The molecule has 0 aliphatic heterocycles. The summed E-state index contributed by atoms with van der Waals surface area (Å²) in [7, 11) is 0. The van der Waals surface area contributed by atoms with E-state index in [1.54, 1.807) is 0 Å². The first-order valence-corrected chi connectivity index (χ1v) is 6.17. The maximum absolute atomic E-state index is 6.14. The van der Waals surface area contributed by atoms with E-state index in [4.69, 9.17) is 4.74 Å². The van der Waals surface area contributed by atoms with E-state index in [0.717, 1.165) is 6.54 Å². The summed E-state index contributed by atoms with van der Waals surface area (Å²) in [4.78, 5) is 0. The highest BCUT2D eigenvalue weighted by molar-refractivity contribution is 4.97. The molecule has 0 aromatic heterocycles. The van der Waals surface area contributed by atoms with Gasteiger partial charge in [-0.15, -0.1) is 0 Å². The van der Waals surface area contributed by atoms with E-state index < -0.39 is 0 Å². The lowest BCUT2D eigenvalue weighted by molar-refractivity contribution is -0.0724. The number of hydrogen-bond acceptors (Lipinski definition) is 2. The topological polar surface area (TPSA) is 21.3 Å². The Hall–Kier alpha value is -0.0800. The van der Waals surface area contributed by atoms with Gasteiger partial charge in [-0.1, -0.05) is 20.8 Å². The summed E-state index contributed by atoms with van der Waals surface area (Å²) in [5, 5.41) is 3.58. The summed E-state index contributed by atoms with van der Waals surface area (Å²) < 4.78 is 6.14. The Morgan fingerprint density at radius 1 is 1.33 bits per heavy atom. The van der Waals surface area contributed by atoms with Gasteiger partial charge in [-0.05, 0) is 45.6 Å². The minimum atomic E-state index is -0.0290. The maximum atomic E-state index is 6.14. The van der Waals surface area contributed by atoms with Gasteiger partial charge < -0.3 is 10.1 Å². The zero-order chi connectivity index (χ0) is 11.7. The van der Waals surface area contributed by atoms with E-state index in [2.05, 4.69) is 46.9 Å². The summed E-state index contributed by atoms with van der Waals surface area (Å²) >= 11 is 0. The molecule has 2 nitrogen and oxygen atoms in total. The average Bonchev–Trinajstić information content (AvgIpc) is 2.29.